The molecular formula is C18H18BrN7O5. The van der Waals surface area contributed by atoms with Crippen LogP contribution < -0.4 is 10.6 Å². The molecule has 2 heterocycles. The molecule has 2 N–H and O–H groups in total. The SMILES string of the molecule is Cc1ccc(C(=O)NCCNC(=O)c2nc(Cn3nc([N+](=O)[O-])c(Br)c3C)no2)cc1. The lowest BCUT2D eigenvalue weighted by Crippen LogP contribution is -2.34. The number of hydrogen-bond acceptors (Lipinski definition) is 8. The topological polar surface area (TPSA) is 158 Å². The highest BCUT2D eigenvalue weighted by molar-refractivity contribution is 9.10. The summed E-state index contributed by atoms with van der Waals surface area (Å²) in [4.78, 5) is 38.5. The van der Waals surface area contributed by atoms with Gasteiger partial charge in [-0.05, 0) is 46.8 Å². The van der Waals surface area contributed by atoms with E-state index >= 15 is 0 Å². The number of rotatable bonds is 8. The molecular weight excluding hydrogens is 474 g/mol. The van der Waals surface area contributed by atoms with Crippen molar-refractivity contribution in [1.82, 2.24) is 30.6 Å². The maximum atomic E-state index is 12.1. The number of nitrogens with zero attached hydrogens (tertiary/aromatic N) is 5. The molecule has 3 aromatic rings. The summed E-state index contributed by atoms with van der Waals surface area (Å²) in [6, 6.07) is 7.12. The van der Waals surface area contributed by atoms with Gasteiger partial charge in [0.25, 0.3) is 5.91 Å². The van der Waals surface area contributed by atoms with Crippen molar-refractivity contribution in [2.45, 2.75) is 20.4 Å². The van der Waals surface area contributed by atoms with Gasteiger partial charge in [0, 0.05) is 18.7 Å². The average molecular weight is 492 g/mol. The molecule has 13 heteroatoms. The summed E-state index contributed by atoms with van der Waals surface area (Å²) in [6.45, 7) is 3.93. The number of aryl methyl sites for hydroxylation is 1. The van der Waals surface area contributed by atoms with Gasteiger partial charge < -0.3 is 25.3 Å². The number of halogens is 1. The van der Waals surface area contributed by atoms with Crippen molar-refractivity contribution >= 4 is 33.6 Å². The second kappa shape index (κ2) is 9.47. The van der Waals surface area contributed by atoms with Crippen LogP contribution in [0.1, 0.15) is 38.1 Å². The highest BCUT2D eigenvalue weighted by Gasteiger charge is 2.25. The van der Waals surface area contributed by atoms with Crippen molar-refractivity contribution in [1.29, 1.82) is 0 Å². The molecule has 162 valence electrons. The van der Waals surface area contributed by atoms with Crippen LogP contribution in [0.5, 0.6) is 0 Å². The third-order valence-corrected chi connectivity index (χ3v) is 5.18. The second-order valence-electron chi connectivity index (χ2n) is 6.53. The van der Waals surface area contributed by atoms with Gasteiger partial charge in [0.15, 0.2) is 5.82 Å². The smallest absolute Gasteiger partial charge is 0.358 e. The number of benzene rings is 1. The molecule has 12 nitrogen and oxygen atoms in total. The van der Waals surface area contributed by atoms with Crippen molar-refractivity contribution in [3.05, 3.63) is 67.4 Å². The Bertz CT molecular complexity index is 1120. The molecule has 31 heavy (non-hydrogen) atoms. The second-order valence-corrected chi connectivity index (χ2v) is 7.32. The molecule has 3 rings (SSSR count). The normalized spacial score (nSPS) is 10.7. The van der Waals surface area contributed by atoms with E-state index in [9.17, 15) is 19.7 Å². The van der Waals surface area contributed by atoms with Gasteiger partial charge in [-0.25, -0.2) is 0 Å². The zero-order valence-electron chi connectivity index (χ0n) is 16.6. The van der Waals surface area contributed by atoms with Gasteiger partial charge in [-0.15, -0.1) is 0 Å². The first-order chi connectivity index (χ1) is 14.8. The summed E-state index contributed by atoms with van der Waals surface area (Å²) in [7, 11) is 0. The van der Waals surface area contributed by atoms with Crippen LogP contribution in [-0.2, 0) is 6.54 Å². The Hall–Kier alpha value is -3.61. The quantitative estimate of drug-likeness (QED) is 0.274. The Kier molecular flexibility index (Phi) is 6.74. The molecule has 0 saturated heterocycles. The zero-order valence-corrected chi connectivity index (χ0v) is 18.2. The predicted octanol–water partition coefficient (Wildman–Crippen LogP) is 1.76. The van der Waals surface area contributed by atoms with Gasteiger partial charge in [0.2, 0.25) is 0 Å². The van der Waals surface area contributed by atoms with Crippen molar-refractivity contribution in [3.8, 4) is 0 Å². The standard InChI is InChI=1S/C18H18BrN7O5/c1-10-3-5-12(6-4-10)16(27)20-7-8-21-17(28)18-22-13(24-31-18)9-25-11(2)14(19)15(23-25)26(29)30/h3-6H,7-9H2,1-2H3,(H,20,27)(H,21,28). The number of nitrogens with one attached hydrogen (secondary N) is 2. The summed E-state index contributed by atoms with van der Waals surface area (Å²) in [5.74, 6) is -1.31. The fraction of sp³-hybridized carbons (Fsp3) is 0.278. The minimum absolute atomic E-state index is 0.0122. The predicted molar refractivity (Wildman–Crippen MR) is 111 cm³/mol. The van der Waals surface area contributed by atoms with Crippen LogP contribution in [-0.4, -0.2) is 49.7 Å². The van der Waals surface area contributed by atoms with E-state index in [-0.39, 0.29) is 47.5 Å². The number of aromatic nitrogens is 4. The number of carbonyl (C=O) groups excluding carboxylic acids is 2. The minimum atomic E-state index is -0.611. The van der Waals surface area contributed by atoms with Gasteiger partial charge >= 0.3 is 17.6 Å². The molecule has 2 aromatic heterocycles. The van der Waals surface area contributed by atoms with Gasteiger partial charge in [-0.2, -0.15) is 9.67 Å². The maximum absolute atomic E-state index is 12.1. The lowest BCUT2D eigenvalue weighted by atomic mass is 10.1. The first-order valence-electron chi connectivity index (χ1n) is 9.09. The summed E-state index contributed by atoms with van der Waals surface area (Å²) in [6.07, 6.45) is 0. The average Bonchev–Trinajstić information content (AvgIpc) is 3.32. The van der Waals surface area contributed by atoms with E-state index in [2.05, 4.69) is 41.8 Å². The van der Waals surface area contributed by atoms with Crippen molar-refractivity contribution in [2.75, 3.05) is 13.1 Å². The minimum Gasteiger partial charge on any atom is -0.358 e. The number of carbonyl (C=O) groups is 2. The van der Waals surface area contributed by atoms with Crippen LogP contribution in [0.2, 0.25) is 0 Å². The molecule has 0 bridgehead atoms. The fourth-order valence-corrected chi connectivity index (χ4v) is 2.99. The van der Waals surface area contributed by atoms with E-state index in [0.29, 0.717) is 11.3 Å². The van der Waals surface area contributed by atoms with Crippen molar-refractivity contribution in [3.63, 3.8) is 0 Å². The van der Waals surface area contributed by atoms with Crippen molar-refractivity contribution < 1.29 is 19.0 Å². The van der Waals surface area contributed by atoms with Crippen LogP contribution in [0.4, 0.5) is 5.82 Å². The number of hydrogen-bond donors (Lipinski definition) is 2. The summed E-state index contributed by atoms with van der Waals surface area (Å²) in [5, 5.41) is 23.8. The van der Waals surface area contributed by atoms with Crippen LogP contribution in [0.3, 0.4) is 0 Å². The Labute approximate surface area is 184 Å². The van der Waals surface area contributed by atoms with E-state index in [0.717, 1.165) is 5.56 Å². The Morgan fingerprint density at radius 1 is 1.16 bits per heavy atom. The lowest BCUT2D eigenvalue weighted by Gasteiger charge is -2.06. The Morgan fingerprint density at radius 2 is 1.81 bits per heavy atom. The van der Waals surface area contributed by atoms with Crippen LogP contribution in [0.15, 0.2) is 33.3 Å². The molecule has 0 fully saturated rings. The molecule has 1 aromatic carbocycles. The van der Waals surface area contributed by atoms with E-state index in [1.807, 2.05) is 19.1 Å². The Balaban J connectivity index is 1.50. The lowest BCUT2D eigenvalue weighted by molar-refractivity contribution is -0.390. The van der Waals surface area contributed by atoms with Gasteiger partial charge in [-0.3, -0.25) is 9.59 Å². The third-order valence-electron chi connectivity index (χ3n) is 4.25. The molecule has 2 amide bonds. The van der Waals surface area contributed by atoms with E-state index in [4.69, 9.17) is 4.52 Å². The highest BCUT2D eigenvalue weighted by atomic mass is 79.9. The zero-order chi connectivity index (χ0) is 22.5. The molecule has 0 spiro atoms. The third kappa shape index (κ3) is 5.31. The number of nitro groups is 1. The fourth-order valence-electron chi connectivity index (χ4n) is 2.56. The summed E-state index contributed by atoms with van der Waals surface area (Å²) < 4.78 is 6.52. The molecule has 0 saturated carbocycles. The number of amides is 2. The summed E-state index contributed by atoms with van der Waals surface area (Å²) >= 11 is 3.12. The van der Waals surface area contributed by atoms with Crippen LogP contribution in [0, 0.1) is 24.0 Å². The molecule has 0 aliphatic heterocycles. The first-order valence-corrected chi connectivity index (χ1v) is 9.88. The van der Waals surface area contributed by atoms with Gasteiger partial charge in [0.1, 0.15) is 11.0 Å². The molecule has 0 unspecified atom stereocenters. The van der Waals surface area contributed by atoms with Crippen LogP contribution in [0.25, 0.3) is 0 Å². The largest absolute Gasteiger partial charge is 0.404 e. The summed E-state index contributed by atoms with van der Waals surface area (Å²) in [5.41, 5.74) is 2.09. The van der Waals surface area contributed by atoms with E-state index in [1.165, 1.54) is 4.68 Å². The van der Waals surface area contributed by atoms with E-state index in [1.54, 1.807) is 19.1 Å². The Morgan fingerprint density at radius 3 is 2.42 bits per heavy atom. The molecule has 0 aliphatic rings. The molecule has 0 atom stereocenters. The van der Waals surface area contributed by atoms with Crippen LogP contribution >= 0.6 is 15.9 Å². The highest BCUT2D eigenvalue weighted by Crippen LogP contribution is 2.27. The maximum Gasteiger partial charge on any atom is 0.404 e. The van der Waals surface area contributed by atoms with Crippen molar-refractivity contribution in [2.24, 2.45) is 0 Å². The van der Waals surface area contributed by atoms with E-state index < -0.39 is 10.8 Å². The van der Waals surface area contributed by atoms with Gasteiger partial charge in [-0.1, -0.05) is 22.9 Å². The molecule has 0 radical (unpaired) electrons. The first kappa shape index (κ1) is 22.1. The van der Waals surface area contributed by atoms with Gasteiger partial charge in [0.05, 0.1) is 10.8 Å². The monoisotopic (exact) mass is 491 g/mol. The molecule has 0 aliphatic carbocycles.